The van der Waals surface area contributed by atoms with Crippen molar-refractivity contribution in [2.45, 2.75) is 38.6 Å². The maximum absolute atomic E-state index is 12.8. The lowest BCUT2D eigenvalue weighted by Gasteiger charge is -2.24. The van der Waals surface area contributed by atoms with Gasteiger partial charge in [0, 0.05) is 60.4 Å². The van der Waals surface area contributed by atoms with Crippen molar-refractivity contribution >= 4 is 34.3 Å². The number of hydrogen-bond donors (Lipinski definition) is 2. The van der Waals surface area contributed by atoms with E-state index in [1.165, 1.54) is 6.92 Å². The number of allylic oxidation sites excluding steroid dienone is 1. The lowest BCUT2D eigenvalue weighted by atomic mass is 9.83. The van der Waals surface area contributed by atoms with Gasteiger partial charge < -0.3 is 19.9 Å². The average molecular weight is 460 g/mol. The summed E-state index contributed by atoms with van der Waals surface area (Å²) in [5.74, 6) is -1.30. The van der Waals surface area contributed by atoms with E-state index in [4.69, 9.17) is 4.74 Å². The molecule has 3 aromatic rings. The van der Waals surface area contributed by atoms with Gasteiger partial charge in [-0.2, -0.15) is 0 Å². The van der Waals surface area contributed by atoms with E-state index in [9.17, 15) is 14.4 Å². The van der Waals surface area contributed by atoms with Crippen molar-refractivity contribution in [1.82, 2.24) is 10.3 Å². The first kappa shape index (κ1) is 23.3. The van der Waals surface area contributed by atoms with Crippen molar-refractivity contribution < 1.29 is 19.1 Å². The van der Waals surface area contributed by atoms with Crippen LogP contribution in [0.2, 0.25) is 0 Å². The Morgan fingerprint density at radius 2 is 1.82 bits per heavy atom. The molecule has 0 radical (unpaired) electrons. The Morgan fingerprint density at radius 3 is 2.56 bits per heavy atom. The molecule has 7 heteroatoms. The van der Waals surface area contributed by atoms with Gasteiger partial charge in [0.2, 0.25) is 5.91 Å². The number of H-pyrrole nitrogens is 1. The number of esters is 1. The van der Waals surface area contributed by atoms with Gasteiger partial charge in [-0.05, 0) is 23.3 Å². The van der Waals surface area contributed by atoms with Gasteiger partial charge in [-0.15, -0.1) is 0 Å². The molecule has 176 valence electrons. The van der Waals surface area contributed by atoms with Gasteiger partial charge in [-0.1, -0.05) is 50.2 Å². The molecule has 2 heterocycles. The van der Waals surface area contributed by atoms with Crippen molar-refractivity contribution in [3.8, 4) is 0 Å². The molecule has 2 N–H and O–H groups in total. The third-order valence-electron chi connectivity index (χ3n) is 6.36. The molecule has 1 aliphatic heterocycles. The number of aromatic amines is 1. The fourth-order valence-electron chi connectivity index (χ4n) is 4.65. The molecule has 0 bridgehead atoms. The number of hydrogen-bond acceptors (Lipinski definition) is 5. The molecule has 0 fully saturated rings. The first-order chi connectivity index (χ1) is 16.2. The van der Waals surface area contributed by atoms with Crippen molar-refractivity contribution in [2.24, 2.45) is 0 Å². The number of amides is 1. The number of ether oxygens (including phenoxy) is 1. The molecule has 0 spiro atoms. The molecular weight excluding hydrogens is 430 g/mol. The van der Waals surface area contributed by atoms with Crippen LogP contribution in [0.3, 0.4) is 0 Å². The third-order valence-corrected chi connectivity index (χ3v) is 6.36. The van der Waals surface area contributed by atoms with E-state index in [0.717, 1.165) is 33.4 Å². The van der Waals surface area contributed by atoms with E-state index < -0.39 is 18.6 Å². The van der Waals surface area contributed by atoms with Crippen LogP contribution in [0.5, 0.6) is 0 Å². The number of para-hydroxylation sites is 2. The number of carbonyl (C=O) groups excluding carboxylic acids is 3. The van der Waals surface area contributed by atoms with Gasteiger partial charge in [0.25, 0.3) is 0 Å². The molecule has 4 rings (SSSR count). The Balaban J connectivity index is 1.45. The van der Waals surface area contributed by atoms with Crippen LogP contribution < -0.4 is 10.2 Å². The highest BCUT2D eigenvalue weighted by Gasteiger charge is 2.38. The van der Waals surface area contributed by atoms with Crippen molar-refractivity contribution in [1.29, 1.82) is 0 Å². The number of carbonyl (C=O) groups is 3. The lowest BCUT2D eigenvalue weighted by molar-refractivity contribution is -0.150. The van der Waals surface area contributed by atoms with Crippen LogP contribution in [0.15, 0.2) is 66.5 Å². The smallest absolute Gasteiger partial charge is 0.329 e. The summed E-state index contributed by atoms with van der Waals surface area (Å²) >= 11 is 0. The highest BCUT2D eigenvalue weighted by Crippen LogP contribution is 2.46. The maximum Gasteiger partial charge on any atom is 0.329 e. The van der Waals surface area contributed by atoms with Crippen LogP contribution in [0.1, 0.15) is 31.9 Å². The van der Waals surface area contributed by atoms with Crippen LogP contribution in [0.25, 0.3) is 10.9 Å². The summed E-state index contributed by atoms with van der Waals surface area (Å²) in [4.78, 5) is 42.5. The zero-order valence-electron chi connectivity index (χ0n) is 19.8. The first-order valence-electron chi connectivity index (χ1n) is 11.3. The van der Waals surface area contributed by atoms with E-state index in [-0.39, 0.29) is 23.5 Å². The largest absolute Gasteiger partial charge is 0.456 e. The highest BCUT2D eigenvalue weighted by molar-refractivity contribution is 5.95. The second-order valence-corrected chi connectivity index (χ2v) is 9.12. The molecule has 1 aliphatic rings. The Morgan fingerprint density at radius 1 is 1.12 bits per heavy atom. The zero-order chi connectivity index (χ0) is 24.5. The molecule has 0 saturated heterocycles. The van der Waals surface area contributed by atoms with Crippen molar-refractivity contribution in [2.75, 3.05) is 18.6 Å². The number of benzene rings is 2. The summed E-state index contributed by atoms with van der Waals surface area (Å²) in [5.41, 5.74) is 4.50. The molecule has 0 unspecified atom stereocenters. The fourth-order valence-corrected chi connectivity index (χ4v) is 4.65. The van der Waals surface area contributed by atoms with E-state index in [1.807, 2.05) is 60.6 Å². The quantitative estimate of drug-likeness (QED) is 0.416. The molecule has 1 aromatic heterocycles. The van der Waals surface area contributed by atoms with E-state index in [2.05, 4.69) is 30.2 Å². The maximum atomic E-state index is 12.8. The van der Waals surface area contributed by atoms with Crippen LogP contribution in [-0.2, 0) is 31.0 Å². The number of nitrogens with zero attached hydrogens (tertiary/aromatic N) is 1. The number of aromatic nitrogens is 1. The Labute approximate surface area is 198 Å². The minimum absolute atomic E-state index is 0.253. The Hall–Kier alpha value is -3.87. The standard InChI is InChI=1S/C27H29N3O4/c1-17(31)29-23(13-18-15-28-22-11-7-5-9-20(18)22)26(33)34-16-19(32)14-25-27(2,3)21-10-6-8-12-24(21)30(25)4/h5-12,14-15,23,28H,13,16H2,1-4H3,(H,29,31)/b25-14-/t23-/m0/s1. The van der Waals surface area contributed by atoms with Gasteiger partial charge in [-0.25, -0.2) is 4.79 Å². The summed E-state index contributed by atoms with van der Waals surface area (Å²) in [5, 5.41) is 3.62. The predicted molar refractivity (Wildman–Crippen MR) is 132 cm³/mol. The SMILES string of the molecule is CC(=O)N[C@@H](Cc1c[nH]c2ccccc12)C(=O)OCC(=O)/C=C1\N(C)c2ccccc2C1(C)C. The van der Waals surface area contributed by atoms with Gasteiger partial charge >= 0.3 is 5.97 Å². The number of fused-ring (bicyclic) bond motifs is 2. The zero-order valence-corrected chi connectivity index (χ0v) is 19.8. The van der Waals surface area contributed by atoms with E-state index in [1.54, 1.807) is 6.08 Å². The van der Waals surface area contributed by atoms with Gasteiger partial charge in [-0.3, -0.25) is 9.59 Å². The van der Waals surface area contributed by atoms with Gasteiger partial charge in [0.05, 0.1) is 0 Å². The molecule has 1 atom stereocenters. The Kier molecular flexibility index (Phi) is 6.28. The minimum atomic E-state index is -0.896. The monoisotopic (exact) mass is 459 g/mol. The number of ketones is 1. The number of nitrogens with one attached hydrogen (secondary N) is 2. The van der Waals surface area contributed by atoms with Crippen molar-refractivity contribution in [3.63, 3.8) is 0 Å². The molecule has 34 heavy (non-hydrogen) atoms. The summed E-state index contributed by atoms with van der Waals surface area (Å²) in [6.07, 6.45) is 3.61. The molecule has 0 aliphatic carbocycles. The predicted octanol–water partition coefficient (Wildman–Crippen LogP) is 3.64. The molecule has 7 nitrogen and oxygen atoms in total. The number of anilines is 1. The number of rotatable bonds is 7. The first-order valence-corrected chi connectivity index (χ1v) is 11.3. The second-order valence-electron chi connectivity index (χ2n) is 9.12. The third kappa shape index (κ3) is 4.46. The van der Waals surface area contributed by atoms with Crippen LogP contribution >= 0.6 is 0 Å². The van der Waals surface area contributed by atoms with Crippen molar-refractivity contribution in [3.05, 3.63) is 77.6 Å². The molecular formula is C27H29N3O4. The molecule has 2 aromatic carbocycles. The number of likely N-dealkylation sites (N-methyl/N-ethyl adjacent to an activating group) is 1. The topological polar surface area (TPSA) is 91.5 Å². The summed E-state index contributed by atoms with van der Waals surface area (Å²) in [6, 6.07) is 14.9. The van der Waals surface area contributed by atoms with Crippen LogP contribution in [-0.4, -0.2) is 42.3 Å². The summed E-state index contributed by atoms with van der Waals surface area (Å²) in [7, 11) is 1.92. The van der Waals surface area contributed by atoms with Crippen LogP contribution in [0.4, 0.5) is 5.69 Å². The van der Waals surface area contributed by atoms with Gasteiger partial charge in [0.15, 0.2) is 12.4 Å². The Bertz CT molecular complexity index is 1290. The fraction of sp³-hybridized carbons (Fsp3) is 0.296. The second kappa shape index (κ2) is 9.17. The lowest BCUT2D eigenvalue weighted by Crippen LogP contribution is -2.42. The molecule has 0 saturated carbocycles. The summed E-state index contributed by atoms with van der Waals surface area (Å²) < 4.78 is 5.34. The average Bonchev–Trinajstić information content (AvgIpc) is 3.29. The molecule has 1 amide bonds. The van der Waals surface area contributed by atoms with E-state index in [0.29, 0.717) is 0 Å². The highest BCUT2D eigenvalue weighted by atomic mass is 16.5. The summed E-state index contributed by atoms with van der Waals surface area (Å²) in [6.45, 7) is 5.08. The normalized spacial score (nSPS) is 16.4. The minimum Gasteiger partial charge on any atom is -0.456 e. The van der Waals surface area contributed by atoms with Gasteiger partial charge in [0.1, 0.15) is 6.04 Å². The van der Waals surface area contributed by atoms with Crippen LogP contribution in [0, 0.1) is 0 Å². The van der Waals surface area contributed by atoms with E-state index >= 15 is 0 Å².